The minimum absolute atomic E-state index is 0.0842. The van der Waals surface area contributed by atoms with Crippen LogP contribution in [0, 0.1) is 5.41 Å². The van der Waals surface area contributed by atoms with Gasteiger partial charge in [-0.3, -0.25) is 15.0 Å². The van der Waals surface area contributed by atoms with Crippen molar-refractivity contribution in [1.82, 2.24) is 15.2 Å². The summed E-state index contributed by atoms with van der Waals surface area (Å²) in [6, 6.07) is 17.8. The van der Waals surface area contributed by atoms with Gasteiger partial charge < -0.3 is 15.5 Å². The summed E-state index contributed by atoms with van der Waals surface area (Å²) in [5.41, 5.74) is 2.43. The first-order valence-electron chi connectivity index (χ1n) is 11.2. The summed E-state index contributed by atoms with van der Waals surface area (Å²) in [4.78, 5) is 32.1. The molecule has 3 aromatic rings. The molecule has 3 N–H and O–H groups in total. The molecule has 1 amide bonds. The SMILES string of the molecule is N=C(c1ccc(C(=O)Cc2ccccc2C(=O)Nc2ccc(Br)cn2)cc1)N1CCCNCC1. The summed E-state index contributed by atoms with van der Waals surface area (Å²) < 4.78 is 0.820. The summed E-state index contributed by atoms with van der Waals surface area (Å²) in [5.74, 6) is 0.520. The number of Topliss-reactive ketones (excluding diaryl/α,β-unsaturated/α-hetero) is 1. The van der Waals surface area contributed by atoms with E-state index in [1.165, 1.54) is 0 Å². The summed E-state index contributed by atoms with van der Waals surface area (Å²) in [7, 11) is 0. The molecular formula is C26H26BrN5O2. The normalized spacial score (nSPS) is 13.7. The summed E-state index contributed by atoms with van der Waals surface area (Å²) >= 11 is 3.32. The molecule has 0 aliphatic carbocycles. The molecule has 1 aromatic heterocycles. The van der Waals surface area contributed by atoms with Crippen LogP contribution in [0.4, 0.5) is 5.82 Å². The molecule has 1 saturated heterocycles. The lowest BCUT2D eigenvalue weighted by Crippen LogP contribution is -2.34. The Morgan fingerprint density at radius 2 is 1.76 bits per heavy atom. The molecule has 0 radical (unpaired) electrons. The molecule has 0 bridgehead atoms. The van der Waals surface area contributed by atoms with Gasteiger partial charge in [0.25, 0.3) is 5.91 Å². The minimum atomic E-state index is -0.311. The van der Waals surface area contributed by atoms with E-state index in [0.717, 1.165) is 42.6 Å². The number of halogens is 1. The molecule has 34 heavy (non-hydrogen) atoms. The van der Waals surface area contributed by atoms with Gasteiger partial charge in [0.2, 0.25) is 0 Å². The van der Waals surface area contributed by atoms with Crippen molar-refractivity contribution in [3.8, 4) is 0 Å². The highest BCUT2D eigenvalue weighted by atomic mass is 79.9. The summed E-state index contributed by atoms with van der Waals surface area (Å²) in [5, 5.41) is 14.6. The summed E-state index contributed by atoms with van der Waals surface area (Å²) in [6.45, 7) is 3.48. The Kier molecular flexibility index (Phi) is 7.82. The third kappa shape index (κ3) is 5.95. The molecule has 0 atom stereocenters. The Morgan fingerprint density at radius 3 is 2.53 bits per heavy atom. The van der Waals surface area contributed by atoms with Crippen LogP contribution in [0.15, 0.2) is 71.3 Å². The molecule has 0 unspecified atom stereocenters. The Hall–Kier alpha value is -3.36. The molecular weight excluding hydrogens is 494 g/mol. The molecule has 1 aliphatic rings. The first-order valence-corrected chi connectivity index (χ1v) is 12.0. The number of anilines is 1. The van der Waals surface area contributed by atoms with Crippen LogP contribution in [0.1, 0.15) is 38.3 Å². The minimum Gasteiger partial charge on any atom is -0.355 e. The molecule has 1 fully saturated rings. The molecule has 2 heterocycles. The third-order valence-corrected chi connectivity index (χ3v) is 6.19. The lowest BCUT2D eigenvalue weighted by atomic mass is 9.97. The first-order chi connectivity index (χ1) is 16.5. The van der Waals surface area contributed by atoms with E-state index in [0.29, 0.717) is 28.3 Å². The quantitative estimate of drug-likeness (QED) is 0.258. The van der Waals surface area contributed by atoms with Gasteiger partial charge in [0, 0.05) is 53.4 Å². The maximum absolute atomic E-state index is 13.0. The topological polar surface area (TPSA) is 98.2 Å². The van der Waals surface area contributed by atoms with Gasteiger partial charge in [-0.2, -0.15) is 0 Å². The number of pyridine rings is 1. The van der Waals surface area contributed by atoms with E-state index in [1.807, 2.05) is 18.2 Å². The second-order valence-electron chi connectivity index (χ2n) is 8.09. The zero-order chi connectivity index (χ0) is 23.9. The highest BCUT2D eigenvalue weighted by molar-refractivity contribution is 9.10. The number of benzene rings is 2. The molecule has 0 spiro atoms. The van der Waals surface area contributed by atoms with Gasteiger partial charge >= 0.3 is 0 Å². The van der Waals surface area contributed by atoms with Crippen molar-refractivity contribution in [1.29, 1.82) is 5.41 Å². The van der Waals surface area contributed by atoms with E-state index in [9.17, 15) is 9.59 Å². The van der Waals surface area contributed by atoms with Crippen LogP contribution in [-0.4, -0.2) is 53.6 Å². The zero-order valence-electron chi connectivity index (χ0n) is 18.7. The predicted octanol–water partition coefficient (Wildman–Crippen LogP) is 4.14. The van der Waals surface area contributed by atoms with Gasteiger partial charge in [0.1, 0.15) is 11.7 Å². The molecule has 8 heteroatoms. The van der Waals surface area contributed by atoms with E-state index in [4.69, 9.17) is 5.41 Å². The van der Waals surface area contributed by atoms with E-state index < -0.39 is 0 Å². The smallest absolute Gasteiger partial charge is 0.257 e. The fraction of sp³-hybridized carbons (Fsp3) is 0.231. The van der Waals surface area contributed by atoms with Gasteiger partial charge in [0.05, 0.1) is 0 Å². The van der Waals surface area contributed by atoms with E-state index >= 15 is 0 Å². The fourth-order valence-electron chi connectivity index (χ4n) is 3.87. The number of ketones is 1. The number of carbonyl (C=O) groups is 2. The Bertz CT molecular complexity index is 1170. The Morgan fingerprint density at radius 1 is 1.00 bits per heavy atom. The van der Waals surface area contributed by atoms with Gasteiger partial charge in [-0.1, -0.05) is 42.5 Å². The number of rotatable bonds is 6. The number of aromatic nitrogens is 1. The second-order valence-corrected chi connectivity index (χ2v) is 9.01. The van der Waals surface area contributed by atoms with Crippen molar-refractivity contribution in [3.63, 3.8) is 0 Å². The number of hydrogen-bond donors (Lipinski definition) is 3. The highest BCUT2D eigenvalue weighted by Gasteiger charge is 2.17. The van der Waals surface area contributed by atoms with E-state index in [-0.39, 0.29) is 18.1 Å². The van der Waals surface area contributed by atoms with Crippen molar-refractivity contribution < 1.29 is 9.59 Å². The monoisotopic (exact) mass is 519 g/mol. The number of carbonyl (C=O) groups excluding carboxylic acids is 2. The molecule has 4 rings (SSSR count). The van der Waals surface area contributed by atoms with Gasteiger partial charge in [0.15, 0.2) is 5.78 Å². The average molecular weight is 520 g/mol. The van der Waals surface area contributed by atoms with E-state index in [2.05, 4.69) is 36.4 Å². The highest BCUT2D eigenvalue weighted by Crippen LogP contribution is 2.17. The average Bonchev–Trinajstić information content (AvgIpc) is 3.15. The van der Waals surface area contributed by atoms with Crippen LogP contribution in [0.2, 0.25) is 0 Å². The van der Waals surface area contributed by atoms with Crippen LogP contribution < -0.4 is 10.6 Å². The Labute approximate surface area is 207 Å². The van der Waals surface area contributed by atoms with Gasteiger partial charge in [-0.15, -0.1) is 0 Å². The number of hydrogen-bond acceptors (Lipinski definition) is 5. The van der Waals surface area contributed by atoms with Crippen molar-refractivity contribution in [2.45, 2.75) is 12.8 Å². The fourth-order valence-corrected chi connectivity index (χ4v) is 4.10. The van der Waals surface area contributed by atoms with Crippen LogP contribution in [0.25, 0.3) is 0 Å². The van der Waals surface area contributed by atoms with E-state index in [1.54, 1.807) is 48.7 Å². The second kappa shape index (κ2) is 11.2. The number of nitrogens with zero attached hydrogens (tertiary/aromatic N) is 2. The molecule has 0 saturated carbocycles. The molecule has 7 nitrogen and oxygen atoms in total. The maximum atomic E-state index is 13.0. The lowest BCUT2D eigenvalue weighted by molar-refractivity contribution is 0.0992. The standard InChI is InChI=1S/C26H26BrN5O2/c27-21-10-11-24(30-17-21)31-26(34)22-5-2-1-4-20(22)16-23(33)18-6-8-19(9-7-18)25(28)32-14-3-12-29-13-15-32/h1-2,4-11,17,28-29H,3,12-16H2,(H,30,31,34). The largest absolute Gasteiger partial charge is 0.355 e. The van der Waals surface area contributed by atoms with Crippen molar-refractivity contribution >= 4 is 39.3 Å². The van der Waals surface area contributed by atoms with Crippen LogP contribution in [-0.2, 0) is 6.42 Å². The maximum Gasteiger partial charge on any atom is 0.257 e. The summed E-state index contributed by atoms with van der Waals surface area (Å²) in [6.07, 6.45) is 2.72. The predicted molar refractivity (Wildman–Crippen MR) is 137 cm³/mol. The van der Waals surface area contributed by atoms with Crippen molar-refractivity contribution in [3.05, 3.63) is 93.6 Å². The first kappa shape index (κ1) is 23.8. The van der Waals surface area contributed by atoms with Crippen LogP contribution >= 0.6 is 15.9 Å². The third-order valence-electron chi connectivity index (χ3n) is 5.72. The van der Waals surface area contributed by atoms with Gasteiger partial charge in [-0.25, -0.2) is 4.98 Å². The zero-order valence-corrected chi connectivity index (χ0v) is 20.3. The van der Waals surface area contributed by atoms with Crippen molar-refractivity contribution in [2.75, 3.05) is 31.5 Å². The van der Waals surface area contributed by atoms with Crippen LogP contribution in [0.5, 0.6) is 0 Å². The van der Waals surface area contributed by atoms with Gasteiger partial charge in [-0.05, 0) is 52.7 Å². The molecule has 2 aromatic carbocycles. The van der Waals surface area contributed by atoms with Crippen LogP contribution in [0.3, 0.4) is 0 Å². The number of nitrogens with one attached hydrogen (secondary N) is 3. The number of amides is 1. The molecule has 174 valence electrons. The lowest BCUT2D eigenvalue weighted by Gasteiger charge is -2.23. The molecule has 1 aliphatic heterocycles. The Balaban J connectivity index is 1.44. The van der Waals surface area contributed by atoms with Crippen molar-refractivity contribution in [2.24, 2.45) is 0 Å². The number of amidine groups is 1.